The highest BCUT2D eigenvalue weighted by atomic mass is 35.5. The van der Waals surface area contributed by atoms with Gasteiger partial charge in [-0.15, -0.1) is 0 Å². The summed E-state index contributed by atoms with van der Waals surface area (Å²) < 4.78 is 0. The lowest BCUT2D eigenvalue weighted by Gasteiger charge is -2.32. The second-order valence-corrected chi connectivity index (χ2v) is 10.9. The van der Waals surface area contributed by atoms with Gasteiger partial charge in [0.05, 0.1) is 11.4 Å². The van der Waals surface area contributed by atoms with Gasteiger partial charge in [-0.25, -0.2) is 9.97 Å². The van der Waals surface area contributed by atoms with Crippen molar-refractivity contribution in [2.24, 2.45) is 0 Å². The zero-order valence-electron chi connectivity index (χ0n) is 22.6. The lowest BCUT2D eigenvalue weighted by molar-refractivity contribution is 0.704. The van der Waals surface area contributed by atoms with Crippen LogP contribution in [0.1, 0.15) is 22.5 Å². The lowest BCUT2D eigenvalue weighted by Crippen LogP contribution is -2.31. The third-order valence-corrected chi connectivity index (χ3v) is 8.58. The van der Waals surface area contributed by atoms with Crippen molar-refractivity contribution in [1.29, 1.82) is 0 Å². The summed E-state index contributed by atoms with van der Waals surface area (Å²) in [4.78, 5) is 15.8. The highest BCUT2D eigenvalue weighted by Crippen LogP contribution is 2.57. The number of hydrogen-bond acceptors (Lipinski definition) is 3. The maximum Gasteiger partial charge on any atom is 0.149 e. The van der Waals surface area contributed by atoms with Crippen LogP contribution in [-0.4, -0.2) is 15.0 Å². The summed E-state index contributed by atoms with van der Waals surface area (Å²) in [5.74, 6) is 0.693. The van der Waals surface area contributed by atoms with Crippen molar-refractivity contribution < 1.29 is 0 Å². The van der Waals surface area contributed by atoms with Gasteiger partial charge in [0, 0.05) is 33.3 Å². The molecule has 2 aromatic heterocycles. The summed E-state index contributed by atoms with van der Waals surface area (Å²) in [7, 11) is 0. The van der Waals surface area contributed by atoms with Crippen LogP contribution < -0.4 is 0 Å². The fourth-order valence-electron chi connectivity index (χ4n) is 6.50. The Bertz CT molecular complexity index is 2090. The fraction of sp³-hybridized carbons (Fsp3) is 0.0263. The third-order valence-electron chi connectivity index (χ3n) is 8.27. The molecule has 7 aromatic rings. The van der Waals surface area contributed by atoms with Gasteiger partial charge >= 0.3 is 0 Å². The molecule has 3 nitrogen and oxygen atoms in total. The highest BCUT2D eigenvalue weighted by molar-refractivity contribution is 6.34. The topological polar surface area (TPSA) is 38.7 Å². The number of fused-ring (bicyclic) bond motifs is 4. The third kappa shape index (κ3) is 3.57. The van der Waals surface area contributed by atoms with Crippen molar-refractivity contribution in [2.75, 3.05) is 0 Å². The molecule has 1 aliphatic rings. The van der Waals surface area contributed by atoms with E-state index in [2.05, 4.69) is 91.0 Å². The quantitative estimate of drug-likeness (QED) is 0.216. The van der Waals surface area contributed by atoms with E-state index < -0.39 is 5.41 Å². The van der Waals surface area contributed by atoms with Gasteiger partial charge in [-0.05, 0) is 34.4 Å². The van der Waals surface area contributed by atoms with E-state index in [0.29, 0.717) is 10.8 Å². The van der Waals surface area contributed by atoms with Crippen LogP contribution in [0.4, 0.5) is 0 Å². The molecule has 0 fully saturated rings. The number of hydrogen-bond donors (Lipinski definition) is 0. The molecule has 198 valence electrons. The second-order valence-electron chi connectivity index (χ2n) is 10.5. The Balaban J connectivity index is 1.57. The van der Waals surface area contributed by atoms with Gasteiger partial charge in [0.15, 0.2) is 0 Å². The predicted molar refractivity (Wildman–Crippen MR) is 171 cm³/mol. The number of pyridine rings is 1. The van der Waals surface area contributed by atoms with Crippen molar-refractivity contribution in [3.63, 3.8) is 0 Å². The van der Waals surface area contributed by atoms with Crippen LogP contribution in [0.5, 0.6) is 0 Å². The molecule has 8 rings (SSSR count). The number of aromatic nitrogens is 3. The Labute approximate surface area is 249 Å². The zero-order valence-corrected chi connectivity index (χ0v) is 23.3. The van der Waals surface area contributed by atoms with E-state index in [1.807, 2.05) is 54.7 Å². The van der Waals surface area contributed by atoms with Crippen LogP contribution >= 0.6 is 11.6 Å². The van der Waals surface area contributed by atoms with Gasteiger partial charge in [-0.1, -0.05) is 139 Å². The molecule has 1 aliphatic carbocycles. The van der Waals surface area contributed by atoms with Crippen molar-refractivity contribution in [3.05, 3.63) is 173 Å². The molecule has 0 bridgehead atoms. The Kier molecular flexibility index (Phi) is 5.73. The molecule has 2 heterocycles. The van der Waals surface area contributed by atoms with Gasteiger partial charge in [0.25, 0.3) is 0 Å². The van der Waals surface area contributed by atoms with Crippen molar-refractivity contribution in [1.82, 2.24) is 15.0 Å². The molecule has 1 atom stereocenters. The first kappa shape index (κ1) is 24.7. The van der Waals surface area contributed by atoms with Crippen molar-refractivity contribution in [3.8, 4) is 33.6 Å². The molecule has 42 heavy (non-hydrogen) atoms. The zero-order chi connectivity index (χ0) is 28.1. The largest absolute Gasteiger partial charge is 0.254 e. The number of rotatable bonds is 4. The normalized spacial score (nSPS) is 15.4. The summed E-state index contributed by atoms with van der Waals surface area (Å²) in [6, 6.07) is 47.8. The second kappa shape index (κ2) is 9.76. The molecule has 1 unspecified atom stereocenters. The van der Waals surface area contributed by atoms with Gasteiger partial charge in [-0.2, -0.15) is 0 Å². The summed E-state index contributed by atoms with van der Waals surface area (Å²) >= 11 is 6.98. The Morgan fingerprint density at radius 1 is 0.524 bits per heavy atom. The van der Waals surface area contributed by atoms with E-state index in [4.69, 9.17) is 26.6 Å². The minimum absolute atomic E-state index is 0.693. The molecule has 5 aromatic carbocycles. The van der Waals surface area contributed by atoms with Crippen LogP contribution in [-0.2, 0) is 5.41 Å². The van der Waals surface area contributed by atoms with Crippen LogP contribution in [0.15, 0.2) is 146 Å². The molecular weight excluding hydrogens is 534 g/mol. The molecule has 0 N–H and O–H groups in total. The standard InChI is InChI=1S/C38H24ClN3/c39-32-22-12-21-31-33(32)28-19-10-11-20-30(28)38(31,27-17-8-3-9-18-27)37-41-34(25-13-4-1-5-14-25)29-23-24-40-35(36(29)42-37)26-15-6-2-7-16-26/h1-24H. The van der Waals surface area contributed by atoms with Crippen LogP contribution in [0.2, 0.25) is 5.02 Å². The molecule has 0 aliphatic heterocycles. The molecule has 0 spiro atoms. The lowest BCUT2D eigenvalue weighted by atomic mass is 9.71. The van der Waals surface area contributed by atoms with Gasteiger partial charge < -0.3 is 0 Å². The van der Waals surface area contributed by atoms with E-state index >= 15 is 0 Å². The Morgan fingerprint density at radius 3 is 1.88 bits per heavy atom. The van der Waals surface area contributed by atoms with Crippen LogP contribution in [0.25, 0.3) is 44.5 Å². The van der Waals surface area contributed by atoms with E-state index in [1.54, 1.807) is 0 Å². The highest BCUT2D eigenvalue weighted by Gasteiger charge is 2.49. The molecule has 0 amide bonds. The first-order chi connectivity index (χ1) is 20.8. The monoisotopic (exact) mass is 557 g/mol. The smallest absolute Gasteiger partial charge is 0.149 e. The average molecular weight is 558 g/mol. The van der Waals surface area contributed by atoms with Crippen molar-refractivity contribution >= 4 is 22.5 Å². The molecule has 0 saturated heterocycles. The van der Waals surface area contributed by atoms with E-state index in [1.165, 1.54) is 0 Å². The Morgan fingerprint density at radius 2 is 1.14 bits per heavy atom. The maximum absolute atomic E-state index is 6.98. The Hall–Kier alpha value is -5.12. The SMILES string of the molecule is Clc1cccc2c1-c1ccccc1C2(c1ccccc1)c1nc(-c2ccccc2)c2ccnc(-c3ccccc3)c2n1. The first-order valence-electron chi connectivity index (χ1n) is 14.0. The number of benzene rings is 5. The predicted octanol–water partition coefficient (Wildman–Crippen LogP) is 9.38. The van der Waals surface area contributed by atoms with Gasteiger partial charge in [0.2, 0.25) is 0 Å². The molecular formula is C38H24ClN3. The van der Waals surface area contributed by atoms with Gasteiger partial charge in [0.1, 0.15) is 16.8 Å². The first-order valence-corrected chi connectivity index (χ1v) is 14.4. The average Bonchev–Trinajstić information content (AvgIpc) is 3.37. The van der Waals surface area contributed by atoms with E-state index in [-0.39, 0.29) is 0 Å². The van der Waals surface area contributed by atoms with Crippen LogP contribution in [0, 0.1) is 0 Å². The minimum Gasteiger partial charge on any atom is -0.254 e. The molecule has 4 heteroatoms. The fourth-order valence-corrected chi connectivity index (χ4v) is 6.78. The minimum atomic E-state index is -0.792. The van der Waals surface area contributed by atoms with Gasteiger partial charge in [-0.3, -0.25) is 4.98 Å². The van der Waals surface area contributed by atoms with Crippen molar-refractivity contribution in [2.45, 2.75) is 5.41 Å². The number of nitrogens with zero attached hydrogens (tertiary/aromatic N) is 3. The molecule has 0 saturated carbocycles. The summed E-state index contributed by atoms with van der Waals surface area (Å²) in [6.07, 6.45) is 1.85. The number of halogens is 1. The maximum atomic E-state index is 6.98. The summed E-state index contributed by atoms with van der Waals surface area (Å²) in [6.45, 7) is 0. The van der Waals surface area contributed by atoms with E-state index in [9.17, 15) is 0 Å². The van der Waals surface area contributed by atoms with Crippen LogP contribution in [0.3, 0.4) is 0 Å². The summed E-state index contributed by atoms with van der Waals surface area (Å²) in [5, 5.41) is 1.67. The summed E-state index contributed by atoms with van der Waals surface area (Å²) in [5.41, 5.74) is 9.16. The van der Waals surface area contributed by atoms with E-state index in [0.717, 1.165) is 61.2 Å². The molecule has 0 radical (unpaired) electrons.